The van der Waals surface area contributed by atoms with Crippen molar-refractivity contribution in [3.05, 3.63) is 23.7 Å². The highest BCUT2D eigenvalue weighted by molar-refractivity contribution is 9.09. The number of hydrogen-bond donors (Lipinski definition) is 0. The Hall–Kier alpha value is -0.610. The molecule has 4 heteroatoms. The number of rotatable bonds is 5. The molecule has 0 aliphatic heterocycles. The molecule has 2 heterocycles. The number of nitrogens with zero attached hydrogens (tertiary/aromatic N) is 2. The molecule has 1 aliphatic carbocycles. The van der Waals surface area contributed by atoms with Crippen LogP contribution in [0.25, 0.3) is 10.1 Å². The van der Waals surface area contributed by atoms with E-state index in [1.54, 1.807) is 11.3 Å². The summed E-state index contributed by atoms with van der Waals surface area (Å²) in [6.07, 6.45) is 7.15. The zero-order valence-corrected chi connectivity index (χ0v) is 12.7. The summed E-state index contributed by atoms with van der Waals surface area (Å²) in [6.45, 7) is 1.11. The van der Waals surface area contributed by atoms with Gasteiger partial charge in [0, 0.05) is 34.2 Å². The Bertz CT molecular complexity index is 521. The van der Waals surface area contributed by atoms with E-state index in [-0.39, 0.29) is 0 Å². The quantitative estimate of drug-likeness (QED) is 0.756. The van der Waals surface area contributed by atoms with Gasteiger partial charge >= 0.3 is 0 Å². The Balaban J connectivity index is 1.94. The molecule has 0 atom stereocenters. The van der Waals surface area contributed by atoms with Gasteiger partial charge in [-0.3, -0.25) is 0 Å². The zero-order chi connectivity index (χ0) is 12.4. The molecule has 0 aromatic carbocycles. The minimum Gasteiger partial charge on any atom is -0.353 e. The Morgan fingerprint density at radius 1 is 1.39 bits per heavy atom. The van der Waals surface area contributed by atoms with E-state index in [9.17, 15) is 0 Å². The standard InChI is InChI=1S/C14H17BrN2S/c15-7-2-9-17(11-3-1-4-11)14-12-6-10-18-13(12)5-8-16-14/h5-6,8,10-11H,1-4,7,9H2. The molecule has 3 rings (SSSR count). The Morgan fingerprint density at radius 2 is 2.28 bits per heavy atom. The number of pyridine rings is 1. The van der Waals surface area contributed by atoms with Crippen molar-refractivity contribution in [3.63, 3.8) is 0 Å². The first-order valence-corrected chi connectivity index (χ1v) is 8.55. The lowest BCUT2D eigenvalue weighted by atomic mass is 9.91. The first kappa shape index (κ1) is 12.4. The van der Waals surface area contributed by atoms with E-state index >= 15 is 0 Å². The number of thiophene rings is 1. The van der Waals surface area contributed by atoms with Crippen LogP contribution in [0.5, 0.6) is 0 Å². The van der Waals surface area contributed by atoms with Crippen LogP contribution in [0, 0.1) is 0 Å². The lowest BCUT2D eigenvalue weighted by molar-refractivity contribution is 0.385. The van der Waals surface area contributed by atoms with Crippen molar-refractivity contribution in [2.75, 3.05) is 16.8 Å². The minimum absolute atomic E-state index is 0.710. The smallest absolute Gasteiger partial charge is 0.137 e. The molecule has 2 nitrogen and oxygen atoms in total. The summed E-state index contributed by atoms with van der Waals surface area (Å²) in [7, 11) is 0. The van der Waals surface area contributed by atoms with E-state index in [4.69, 9.17) is 0 Å². The maximum Gasteiger partial charge on any atom is 0.137 e. The lowest BCUT2D eigenvalue weighted by Crippen LogP contribution is -2.41. The third kappa shape index (κ3) is 2.28. The predicted octanol–water partition coefficient (Wildman–Crippen LogP) is 4.44. The summed E-state index contributed by atoms with van der Waals surface area (Å²) in [5, 5.41) is 4.55. The second-order valence-corrected chi connectivity index (χ2v) is 6.53. The average Bonchev–Trinajstić information content (AvgIpc) is 2.80. The molecule has 2 aromatic heterocycles. The van der Waals surface area contributed by atoms with Gasteiger partial charge in [-0.15, -0.1) is 11.3 Å². The van der Waals surface area contributed by atoms with Crippen LogP contribution in [0.4, 0.5) is 5.82 Å². The topological polar surface area (TPSA) is 16.1 Å². The van der Waals surface area contributed by atoms with Gasteiger partial charge in [0.05, 0.1) is 0 Å². The van der Waals surface area contributed by atoms with E-state index in [0.717, 1.165) is 11.9 Å². The van der Waals surface area contributed by atoms with Gasteiger partial charge in [-0.2, -0.15) is 0 Å². The van der Waals surface area contributed by atoms with Gasteiger partial charge < -0.3 is 4.90 Å². The van der Waals surface area contributed by atoms with E-state index in [2.05, 4.69) is 43.3 Å². The molecule has 18 heavy (non-hydrogen) atoms. The van der Waals surface area contributed by atoms with Gasteiger partial charge in [0.25, 0.3) is 0 Å². The Labute approximate surface area is 120 Å². The van der Waals surface area contributed by atoms with Gasteiger partial charge in [0.15, 0.2) is 0 Å². The fraction of sp³-hybridized carbons (Fsp3) is 0.500. The van der Waals surface area contributed by atoms with Crippen LogP contribution in [0.3, 0.4) is 0 Å². The number of alkyl halides is 1. The fourth-order valence-corrected chi connectivity index (χ4v) is 3.53. The second kappa shape index (κ2) is 5.57. The molecule has 0 bridgehead atoms. The van der Waals surface area contributed by atoms with Crippen molar-refractivity contribution in [2.45, 2.75) is 31.7 Å². The van der Waals surface area contributed by atoms with Crippen molar-refractivity contribution in [1.82, 2.24) is 4.98 Å². The molecule has 0 unspecified atom stereocenters. The van der Waals surface area contributed by atoms with Crippen LogP contribution in [0.1, 0.15) is 25.7 Å². The van der Waals surface area contributed by atoms with Crippen molar-refractivity contribution < 1.29 is 0 Å². The highest BCUT2D eigenvalue weighted by Gasteiger charge is 2.26. The number of fused-ring (bicyclic) bond motifs is 1. The summed E-state index contributed by atoms with van der Waals surface area (Å²) in [6, 6.07) is 5.04. The predicted molar refractivity (Wildman–Crippen MR) is 83.0 cm³/mol. The molecular weight excluding hydrogens is 308 g/mol. The lowest BCUT2D eigenvalue weighted by Gasteiger charge is -2.38. The zero-order valence-electron chi connectivity index (χ0n) is 10.3. The van der Waals surface area contributed by atoms with E-state index < -0.39 is 0 Å². The van der Waals surface area contributed by atoms with Gasteiger partial charge in [0.2, 0.25) is 0 Å². The van der Waals surface area contributed by atoms with Crippen LogP contribution in [-0.2, 0) is 0 Å². The Morgan fingerprint density at radius 3 is 3.00 bits per heavy atom. The third-order valence-corrected chi connectivity index (χ3v) is 5.12. The van der Waals surface area contributed by atoms with E-state index in [1.165, 1.54) is 41.6 Å². The van der Waals surface area contributed by atoms with Crippen molar-refractivity contribution in [2.24, 2.45) is 0 Å². The van der Waals surface area contributed by atoms with Crippen molar-refractivity contribution in [1.29, 1.82) is 0 Å². The first-order valence-electron chi connectivity index (χ1n) is 6.55. The average molecular weight is 325 g/mol. The van der Waals surface area contributed by atoms with Gasteiger partial charge in [0.1, 0.15) is 5.82 Å². The van der Waals surface area contributed by atoms with Gasteiger partial charge in [-0.05, 0) is 43.2 Å². The van der Waals surface area contributed by atoms with Crippen LogP contribution in [0.15, 0.2) is 23.7 Å². The molecule has 96 valence electrons. The van der Waals surface area contributed by atoms with Gasteiger partial charge in [-0.1, -0.05) is 15.9 Å². The van der Waals surface area contributed by atoms with E-state index in [1.807, 2.05) is 6.20 Å². The monoisotopic (exact) mass is 324 g/mol. The molecular formula is C14H17BrN2S. The maximum absolute atomic E-state index is 4.65. The number of aromatic nitrogens is 1. The third-order valence-electron chi connectivity index (χ3n) is 3.68. The van der Waals surface area contributed by atoms with Crippen molar-refractivity contribution in [3.8, 4) is 0 Å². The van der Waals surface area contributed by atoms with Crippen LogP contribution < -0.4 is 4.90 Å². The maximum atomic E-state index is 4.65. The number of hydrogen-bond acceptors (Lipinski definition) is 3. The number of halogens is 1. The molecule has 0 radical (unpaired) electrons. The van der Waals surface area contributed by atoms with Gasteiger partial charge in [-0.25, -0.2) is 4.98 Å². The summed E-state index contributed by atoms with van der Waals surface area (Å²) in [5.74, 6) is 1.19. The molecule has 1 saturated carbocycles. The molecule has 1 aliphatic rings. The van der Waals surface area contributed by atoms with Crippen molar-refractivity contribution >= 4 is 43.2 Å². The normalized spacial score (nSPS) is 15.8. The largest absolute Gasteiger partial charge is 0.353 e. The highest BCUT2D eigenvalue weighted by atomic mass is 79.9. The fourth-order valence-electron chi connectivity index (χ4n) is 2.50. The Kier molecular flexibility index (Phi) is 3.85. The minimum atomic E-state index is 0.710. The molecule has 1 fully saturated rings. The first-order chi connectivity index (χ1) is 8.90. The summed E-state index contributed by atoms with van der Waals surface area (Å²) in [5.41, 5.74) is 0. The molecule has 0 saturated heterocycles. The molecule has 2 aromatic rings. The molecule has 0 N–H and O–H groups in total. The number of anilines is 1. The summed E-state index contributed by atoms with van der Waals surface area (Å²) >= 11 is 5.34. The van der Waals surface area contributed by atoms with Crippen LogP contribution in [0.2, 0.25) is 0 Å². The summed E-state index contributed by atoms with van der Waals surface area (Å²) in [4.78, 5) is 7.18. The molecule has 0 spiro atoms. The highest BCUT2D eigenvalue weighted by Crippen LogP contribution is 2.34. The second-order valence-electron chi connectivity index (χ2n) is 4.79. The summed E-state index contributed by atoms with van der Waals surface area (Å²) < 4.78 is 1.35. The molecule has 0 amide bonds. The van der Waals surface area contributed by atoms with Crippen LogP contribution in [-0.4, -0.2) is 22.9 Å². The van der Waals surface area contributed by atoms with E-state index in [0.29, 0.717) is 6.04 Å². The SMILES string of the molecule is BrCCCN(c1nccc2sccc12)C1CCC1. The van der Waals surface area contributed by atoms with Crippen LogP contribution >= 0.6 is 27.3 Å².